The molecule has 104 valence electrons. The van der Waals surface area contributed by atoms with Crippen molar-refractivity contribution in [1.82, 2.24) is 14.6 Å². The molecule has 1 aromatic rings. The van der Waals surface area contributed by atoms with E-state index in [1.54, 1.807) is 6.07 Å². The first-order chi connectivity index (χ1) is 9.07. The second-order valence-corrected chi connectivity index (χ2v) is 6.77. The molecule has 1 fully saturated rings. The highest BCUT2D eigenvalue weighted by Gasteiger charge is 2.31. The van der Waals surface area contributed by atoms with Gasteiger partial charge in [-0.25, -0.2) is 8.42 Å². The minimum absolute atomic E-state index is 0.130. The lowest BCUT2D eigenvalue weighted by molar-refractivity contribution is 0.430. The Morgan fingerprint density at radius 2 is 2.32 bits per heavy atom. The molecule has 19 heavy (non-hydrogen) atoms. The van der Waals surface area contributed by atoms with Gasteiger partial charge in [-0.1, -0.05) is 5.92 Å². The van der Waals surface area contributed by atoms with E-state index in [0.29, 0.717) is 19.0 Å². The highest BCUT2D eigenvalue weighted by Crippen LogP contribution is 2.31. The number of nitrogens with zero attached hydrogens (tertiary/aromatic N) is 1. The summed E-state index contributed by atoms with van der Waals surface area (Å²) in [6.07, 6.45) is 8.99. The summed E-state index contributed by atoms with van der Waals surface area (Å²) in [5.74, 6) is 2.90. The summed E-state index contributed by atoms with van der Waals surface area (Å²) in [7, 11) is -1.67. The van der Waals surface area contributed by atoms with Crippen LogP contribution >= 0.6 is 0 Å². The van der Waals surface area contributed by atoms with E-state index in [4.69, 9.17) is 6.42 Å². The predicted octanol–water partition coefficient (Wildman–Crippen LogP) is 0.768. The summed E-state index contributed by atoms with van der Waals surface area (Å²) in [5, 5.41) is 2.97. The van der Waals surface area contributed by atoms with Crippen LogP contribution in [-0.4, -0.2) is 37.8 Å². The number of H-pyrrole nitrogens is 1. The SMILES string of the molecule is C#CCN(CC1CC1)S(=O)(=O)c1c[nH]c(CNC)c1. The van der Waals surface area contributed by atoms with Gasteiger partial charge < -0.3 is 10.3 Å². The van der Waals surface area contributed by atoms with Gasteiger partial charge in [-0.3, -0.25) is 0 Å². The number of nitrogens with one attached hydrogen (secondary N) is 2. The first kappa shape index (κ1) is 14.1. The van der Waals surface area contributed by atoms with E-state index < -0.39 is 10.0 Å². The number of rotatable bonds is 7. The van der Waals surface area contributed by atoms with Crippen molar-refractivity contribution in [1.29, 1.82) is 0 Å². The normalized spacial score (nSPS) is 15.6. The lowest BCUT2D eigenvalue weighted by Crippen LogP contribution is -2.33. The maximum atomic E-state index is 12.5. The lowest BCUT2D eigenvalue weighted by Gasteiger charge is -2.18. The summed E-state index contributed by atoms with van der Waals surface area (Å²) in [4.78, 5) is 3.24. The summed E-state index contributed by atoms with van der Waals surface area (Å²) in [5.41, 5.74) is 0.841. The largest absolute Gasteiger partial charge is 0.363 e. The van der Waals surface area contributed by atoms with Crippen molar-refractivity contribution in [3.05, 3.63) is 18.0 Å². The van der Waals surface area contributed by atoms with E-state index in [2.05, 4.69) is 16.2 Å². The molecule has 0 spiro atoms. The number of aromatic nitrogens is 1. The van der Waals surface area contributed by atoms with Crippen LogP contribution in [0.5, 0.6) is 0 Å². The molecule has 0 aromatic carbocycles. The Labute approximate surface area is 114 Å². The van der Waals surface area contributed by atoms with Gasteiger partial charge in [-0.15, -0.1) is 6.42 Å². The standard InChI is InChI=1S/C13H19N3O2S/c1-3-6-16(10-11-4-5-11)19(17,18)13-7-12(8-14-2)15-9-13/h1,7,9,11,14-15H,4-6,8,10H2,2H3. The molecule has 0 amide bonds. The molecule has 0 atom stereocenters. The van der Waals surface area contributed by atoms with Gasteiger partial charge in [0.05, 0.1) is 11.4 Å². The Bertz CT molecular complexity index is 567. The van der Waals surface area contributed by atoms with Gasteiger partial charge in [-0.2, -0.15) is 4.31 Å². The monoisotopic (exact) mass is 281 g/mol. The maximum Gasteiger partial charge on any atom is 0.245 e. The molecule has 0 saturated heterocycles. The molecule has 0 aliphatic heterocycles. The van der Waals surface area contributed by atoms with Crippen LogP contribution in [0.2, 0.25) is 0 Å². The van der Waals surface area contributed by atoms with Crippen molar-refractivity contribution < 1.29 is 8.42 Å². The smallest absolute Gasteiger partial charge is 0.245 e. The zero-order valence-corrected chi connectivity index (χ0v) is 11.8. The molecule has 1 aliphatic rings. The minimum Gasteiger partial charge on any atom is -0.363 e. The van der Waals surface area contributed by atoms with Crippen LogP contribution in [-0.2, 0) is 16.6 Å². The Kier molecular flexibility index (Phi) is 4.30. The van der Waals surface area contributed by atoms with Crippen molar-refractivity contribution in [3.63, 3.8) is 0 Å². The molecule has 0 radical (unpaired) electrons. The highest BCUT2D eigenvalue weighted by atomic mass is 32.2. The average molecular weight is 281 g/mol. The van der Waals surface area contributed by atoms with Crippen molar-refractivity contribution in [2.45, 2.75) is 24.3 Å². The summed E-state index contributed by atoms with van der Waals surface area (Å²) < 4.78 is 26.4. The molecule has 1 aliphatic carbocycles. The van der Waals surface area contributed by atoms with E-state index in [1.807, 2.05) is 7.05 Å². The number of hydrogen-bond donors (Lipinski definition) is 2. The maximum absolute atomic E-state index is 12.5. The van der Waals surface area contributed by atoms with Crippen molar-refractivity contribution in [3.8, 4) is 12.3 Å². The zero-order chi connectivity index (χ0) is 13.9. The third-order valence-electron chi connectivity index (χ3n) is 3.15. The second kappa shape index (κ2) is 5.78. The van der Waals surface area contributed by atoms with Gasteiger partial charge in [0.2, 0.25) is 10.0 Å². The molecule has 1 heterocycles. The van der Waals surface area contributed by atoms with E-state index in [0.717, 1.165) is 18.5 Å². The highest BCUT2D eigenvalue weighted by molar-refractivity contribution is 7.89. The lowest BCUT2D eigenvalue weighted by atomic mass is 10.4. The fraction of sp³-hybridized carbons (Fsp3) is 0.538. The molecule has 5 nitrogen and oxygen atoms in total. The van der Waals surface area contributed by atoms with Crippen molar-refractivity contribution >= 4 is 10.0 Å². The molecule has 2 rings (SSSR count). The Balaban J connectivity index is 2.19. The van der Waals surface area contributed by atoms with E-state index >= 15 is 0 Å². The van der Waals surface area contributed by atoms with Gasteiger partial charge in [0.25, 0.3) is 0 Å². The number of hydrogen-bond acceptors (Lipinski definition) is 3. The van der Waals surface area contributed by atoms with Crippen molar-refractivity contribution in [2.75, 3.05) is 20.1 Å². The van der Waals surface area contributed by atoms with Crippen LogP contribution < -0.4 is 5.32 Å². The molecular formula is C13H19N3O2S. The summed E-state index contributed by atoms with van der Waals surface area (Å²) in [6, 6.07) is 1.66. The van der Waals surface area contributed by atoms with E-state index in [9.17, 15) is 8.42 Å². The number of sulfonamides is 1. The molecule has 1 aromatic heterocycles. The third kappa shape index (κ3) is 3.38. The minimum atomic E-state index is -3.48. The molecule has 6 heteroatoms. The zero-order valence-electron chi connectivity index (χ0n) is 11.0. The molecule has 0 bridgehead atoms. The Morgan fingerprint density at radius 3 is 2.89 bits per heavy atom. The fourth-order valence-corrected chi connectivity index (χ4v) is 3.40. The number of aromatic amines is 1. The van der Waals surface area contributed by atoms with Gasteiger partial charge in [0.15, 0.2) is 0 Å². The molecule has 0 unspecified atom stereocenters. The summed E-state index contributed by atoms with van der Waals surface area (Å²) >= 11 is 0. The fourth-order valence-electron chi connectivity index (χ4n) is 1.95. The van der Waals surface area contributed by atoms with E-state index in [-0.39, 0.29) is 11.4 Å². The molecule has 1 saturated carbocycles. The van der Waals surface area contributed by atoms with Crippen LogP contribution in [0, 0.1) is 18.3 Å². The van der Waals surface area contributed by atoms with Gasteiger partial charge >= 0.3 is 0 Å². The quantitative estimate of drug-likeness (QED) is 0.726. The van der Waals surface area contributed by atoms with Gasteiger partial charge in [0.1, 0.15) is 0 Å². The first-order valence-electron chi connectivity index (χ1n) is 6.33. The third-order valence-corrected chi connectivity index (χ3v) is 4.94. The van der Waals surface area contributed by atoms with Crippen LogP contribution in [0.25, 0.3) is 0 Å². The van der Waals surface area contributed by atoms with E-state index in [1.165, 1.54) is 10.5 Å². The predicted molar refractivity (Wildman–Crippen MR) is 73.9 cm³/mol. The Hall–Kier alpha value is -1.29. The number of terminal acetylenes is 1. The molecular weight excluding hydrogens is 262 g/mol. The topological polar surface area (TPSA) is 65.2 Å². The van der Waals surface area contributed by atoms with Gasteiger partial charge in [0, 0.05) is 25.0 Å². The average Bonchev–Trinajstić information content (AvgIpc) is 3.05. The van der Waals surface area contributed by atoms with Gasteiger partial charge in [-0.05, 0) is 31.9 Å². The first-order valence-corrected chi connectivity index (χ1v) is 7.77. The van der Waals surface area contributed by atoms with Crippen LogP contribution in [0.15, 0.2) is 17.2 Å². The Morgan fingerprint density at radius 1 is 1.58 bits per heavy atom. The van der Waals surface area contributed by atoms with Crippen molar-refractivity contribution in [2.24, 2.45) is 5.92 Å². The van der Waals surface area contributed by atoms with Crippen LogP contribution in [0.1, 0.15) is 18.5 Å². The molecule has 2 N–H and O–H groups in total. The van der Waals surface area contributed by atoms with Crippen LogP contribution in [0.4, 0.5) is 0 Å². The second-order valence-electron chi connectivity index (χ2n) is 4.84. The van der Waals surface area contributed by atoms with Crippen LogP contribution in [0.3, 0.4) is 0 Å². The summed E-state index contributed by atoms with van der Waals surface area (Å²) in [6.45, 7) is 1.26.